The van der Waals surface area contributed by atoms with Crippen LogP contribution >= 0.6 is 0 Å². The molecular weight excluding hydrogens is 202 g/mol. The highest BCUT2D eigenvalue weighted by molar-refractivity contribution is 5.80. The second-order valence-corrected chi connectivity index (χ2v) is 4.37. The van der Waals surface area contributed by atoms with Gasteiger partial charge in [-0.05, 0) is 24.1 Å². The highest BCUT2D eigenvalue weighted by Gasteiger charge is 2.05. The summed E-state index contributed by atoms with van der Waals surface area (Å²) in [5, 5.41) is 0.623. The summed E-state index contributed by atoms with van der Waals surface area (Å²) in [5.41, 5.74) is 6.93. The van der Waals surface area contributed by atoms with Gasteiger partial charge in [-0.3, -0.25) is 9.36 Å². The molecule has 4 heteroatoms. The highest BCUT2D eigenvalue weighted by atomic mass is 16.1. The zero-order valence-corrected chi connectivity index (χ0v) is 9.47. The largest absolute Gasteiger partial charge is 0.399 e. The molecule has 0 fully saturated rings. The van der Waals surface area contributed by atoms with Crippen molar-refractivity contribution < 1.29 is 0 Å². The van der Waals surface area contributed by atoms with Crippen molar-refractivity contribution in [1.82, 2.24) is 9.55 Å². The van der Waals surface area contributed by atoms with Crippen molar-refractivity contribution in [3.8, 4) is 0 Å². The van der Waals surface area contributed by atoms with E-state index in [2.05, 4.69) is 18.8 Å². The van der Waals surface area contributed by atoms with Gasteiger partial charge in [0.2, 0.25) is 0 Å². The third kappa shape index (κ3) is 1.91. The summed E-state index contributed by atoms with van der Waals surface area (Å²) in [6.07, 6.45) is 1.59. The van der Waals surface area contributed by atoms with E-state index in [4.69, 9.17) is 5.73 Å². The number of nitrogen functional groups attached to an aromatic ring is 1. The lowest BCUT2D eigenvalue weighted by Crippen LogP contribution is -2.22. The number of aromatic nitrogens is 2. The molecule has 0 bridgehead atoms. The molecule has 1 aromatic carbocycles. The highest BCUT2D eigenvalue weighted by Crippen LogP contribution is 2.11. The molecule has 0 atom stereocenters. The fraction of sp³-hybridized carbons (Fsp3) is 0.333. The summed E-state index contributed by atoms with van der Waals surface area (Å²) >= 11 is 0. The van der Waals surface area contributed by atoms with Crippen LogP contribution in [0.4, 0.5) is 5.69 Å². The number of rotatable bonds is 2. The summed E-state index contributed by atoms with van der Waals surface area (Å²) < 4.78 is 1.64. The van der Waals surface area contributed by atoms with Crippen LogP contribution in [0.3, 0.4) is 0 Å². The Morgan fingerprint density at radius 1 is 1.44 bits per heavy atom. The van der Waals surface area contributed by atoms with Crippen LogP contribution in [0, 0.1) is 5.92 Å². The van der Waals surface area contributed by atoms with E-state index < -0.39 is 0 Å². The van der Waals surface area contributed by atoms with E-state index in [1.54, 1.807) is 29.1 Å². The zero-order valence-electron chi connectivity index (χ0n) is 9.47. The van der Waals surface area contributed by atoms with E-state index in [-0.39, 0.29) is 5.56 Å². The Hall–Kier alpha value is -1.84. The predicted octanol–water partition coefficient (Wildman–Crippen LogP) is 1.63. The molecule has 0 aliphatic rings. The fourth-order valence-corrected chi connectivity index (χ4v) is 1.70. The Morgan fingerprint density at radius 3 is 2.88 bits per heavy atom. The third-order valence-corrected chi connectivity index (χ3v) is 2.41. The first kappa shape index (κ1) is 10.7. The number of hydrogen-bond acceptors (Lipinski definition) is 3. The van der Waals surface area contributed by atoms with Gasteiger partial charge in [0.05, 0.1) is 17.2 Å². The molecule has 0 aliphatic heterocycles. The second-order valence-electron chi connectivity index (χ2n) is 4.37. The average molecular weight is 217 g/mol. The predicted molar refractivity (Wildman–Crippen MR) is 65.3 cm³/mol. The molecule has 0 spiro atoms. The summed E-state index contributed by atoms with van der Waals surface area (Å²) in [7, 11) is 0. The molecule has 0 amide bonds. The summed E-state index contributed by atoms with van der Waals surface area (Å²) in [6.45, 7) is 4.82. The van der Waals surface area contributed by atoms with E-state index in [1.165, 1.54) is 0 Å². The average Bonchev–Trinajstić information content (AvgIpc) is 2.22. The molecule has 0 aliphatic carbocycles. The van der Waals surface area contributed by atoms with Crippen molar-refractivity contribution in [2.24, 2.45) is 5.92 Å². The van der Waals surface area contributed by atoms with Crippen LogP contribution in [0.1, 0.15) is 13.8 Å². The number of benzene rings is 1. The molecule has 2 aromatic rings. The smallest absolute Gasteiger partial charge is 0.261 e. The minimum Gasteiger partial charge on any atom is -0.399 e. The SMILES string of the molecule is CC(C)Cn1cnc2cc(N)ccc2c1=O. The summed E-state index contributed by atoms with van der Waals surface area (Å²) in [5.74, 6) is 0.422. The Morgan fingerprint density at radius 2 is 2.19 bits per heavy atom. The van der Waals surface area contributed by atoms with E-state index in [0.29, 0.717) is 29.1 Å². The monoisotopic (exact) mass is 217 g/mol. The normalized spacial score (nSPS) is 11.2. The van der Waals surface area contributed by atoms with Crippen molar-refractivity contribution >= 4 is 16.6 Å². The molecule has 1 heterocycles. The molecule has 84 valence electrons. The molecule has 1 aromatic heterocycles. The number of nitrogens with zero attached hydrogens (tertiary/aromatic N) is 2. The van der Waals surface area contributed by atoms with Crippen molar-refractivity contribution in [2.45, 2.75) is 20.4 Å². The number of hydrogen-bond donors (Lipinski definition) is 1. The molecule has 0 radical (unpaired) electrons. The van der Waals surface area contributed by atoms with Gasteiger partial charge in [0, 0.05) is 12.2 Å². The summed E-state index contributed by atoms with van der Waals surface area (Å²) in [6, 6.07) is 5.18. The van der Waals surface area contributed by atoms with E-state index in [9.17, 15) is 4.79 Å². The van der Waals surface area contributed by atoms with Crippen molar-refractivity contribution in [3.05, 3.63) is 34.9 Å². The number of fused-ring (bicyclic) bond motifs is 1. The first-order valence-corrected chi connectivity index (χ1v) is 5.32. The Bertz CT molecular complexity index is 572. The van der Waals surface area contributed by atoms with Crippen LogP contribution in [-0.2, 0) is 6.54 Å². The van der Waals surface area contributed by atoms with Gasteiger partial charge in [-0.1, -0.05) is 13.8 Å². The number of nitrogens with two attached hydrogens (primary N) is 1. The molecule has 0 unspecified atom stereocenters. The van der Waals surface area contributed by atoms with Crippen LogP contribution in [0.2, 0.25) is 0 Å². The van der Waals surface area contributed by atoms with E-state index >= 15 is 0 Å². The maximum absolute atomic E-state index is 12.1. The lowest BCUT2D eigenvalue weighted by molar-refractivity contribution is 0.508. The maximum Gasteiger partial charge on any atom is 0.261 e. The first-order chi connectivity index (χ1) is 7.58. The van der Waals surface area contributed by atoms with Gasteiger partial charge in [-0.2, -0.15) is 0 Å². The lowest BCUT2D eigenvalue weighted by Gasteiger charge is -2.08. The van der Waals surface area contributed by atoms with Crippen molar-refractivity contribution in [1.29, 1.82) is 0 Å². The van der Waals surface area contributed by atoms with E-state index in [0.717, 1.165) is 0 Å². The van der Waals surface area contributed by atoms with Crippen LogP contribution in [0.15, 0.2) is 29.3 Å². The first-order valence-electron chi connectivity index (χ1n) is 5.32. The van der Waals surface area contributed by atoms with Gasteiger partial charge < -0.3 is 5.73 Å². The Balaban J connectivity index is 2.61. The standard InChI is InChI=1S/C12H15N3O/c1-8(2)6-15-7-14-11-5-9(13)3-4-10(11)12(15)16/h3-5,7-8H,6,13H2,1-2H3. The molecule has 4 nitrogen and oxygen atoms in total. The minimum absolute atomic E-state index is 0.00120. The Kier molecular flexibility index (Phi) is 2.64. The van der Waals surface area contributed by atoms with Crippen LogP contribution in [-0.4, -0.2) is 9.55 Å². The van der Waals surface area contributed by atoms with Crippen molar-refractivity contribution in [3.63, 3.8) is 0 Å². The quantitative estimate of drug-likeness (QED) is 0.778. The number of anilines is 1. The van der Waals surface area contributed by atoms with Crippen LogP contribution < -0.4 is 11.3 Å². The molecule has 2 rings (SSSR count). The van der Waals surface area contributed by atoms with Gasteiger partial charge in [-0.25, -0.2) is 4.98 Å². The van der Waals surface area contributed by atoms with Gasteiger partial charge in [0.15, 0.2) is 0 Å². The molecule has 0 saturated carbocycles. The Labute approximate surface area is 93.7 Å². The third-order valence-electron chi connectivity index (χ3n) is 2.41. The topological polar surface area (TPSA) is 60.9 Å². The molecule has 2 N–H and O–H groups in total. The maximum atomic E-state index is 12.1. The summed E-state index contributed by atoms with van der Waals surface area (Å²) in [4.78, 5) is 16.3. The second kappa shape index (κ2) is 3.96. The zero-order chi connectivity index (χ0) is 11.7. The molecular formula is C12H15N3O. The minimum atomic E-state index is -0.00120. The van der Waals surface area contributed by atoms with Gasteiger partial charge in [0.1, 0.15) is 0 Å². The molecule has 0 saturated heterocycles. The molecule has 16 heavy (non-hydrogen) atoms. The lowest BCUT2D eigenvalue weighted by atomic mass is 10.2. The van der Waals surface area contributed by atoms with E-state index in [1.807, 2.05) is 0 Å². The van der Waals surface area contributed by atoms with Crippen LogP contribution in [0.25, 0.3) is 10.9 Å². The van der Waals surface area contributed by atoms with Gasteiger partial charge >= 0.3 is 0 Å². The van der Waals surface area contributed by atoms with Crippen LogP contribution in [0.5, 0.6) is 0 Å². The van der Waals surface area contributed by atoms with Gasteiger partial charge in [0.25, 0.3) is 5.56 Å². The fourth-order valence-electron chi connectivity index (χ4n) is 1.70. The van der Waals surface area contributed by atoms with Gasteiger partial charge in [-0.15, -0.1) is 0 Å². The van der Waals surface area contributed by atoms with Crippen molar-refractivity contribution in [2.75, 3.05) is 5.73 Å².